The average Bonchev–Trinajstić information content (AvgIpc) is 3.06. The molecule has 168 valence electrons. The van der Waals surface area contributed by atoms with E-state index in [9.17, 15) is 9.59 Å². The van der Waals surface area contributed by atoms with Crippen molar-refractivity contribution in [2.45, 2.75) is 32.7 Å². The van der Waals surface area contributed by atoms with Gasteiger partial charge in [0.15, 0.2) is 5.69 Å². The number of aromatic amines is 1. The Bertz CT molecular complexity index is 1200. The molecule has 4 rings (SSSR count). The van der Waals surface area contributed by atoms with E-state index in [1.54, 1.807) is 13.0 Å². The summed E-state index contributed by atoms with van der Waals surface area (Å²) in [4.78, 5) is 34.5. The van der Waals surface area contributed by atoms with Crippen molar-refractivity contribution >= 4 is 51.7 Å². The molecule has 3 heterocycles. The molecule has 0 spiro atoms. The number of hydrogen-bond donors (Lipinski definition) is 2. The fourth-order valence-electron chi connectivity index (χ4n) is 4.10. The van der Waals surface area contributed by atoms with Gasteiger partial charge in [-0.1, -0.05) is 41.4 Å². The molecule has 0 atom stereocenters. The van der Waals surface area contributed by atoms with Gasteiger partial charge in [-0.3, -0.25) is 4.79 Å². The van der Waals surface area contributed by atoms with Gasteiger partial charge in [-0.2, -0.15) is 0 Å². The lowest BCUT2D eigenvalue weighted by molar-refractivity contribution is 0.0594. The number of anilines is 1. The van der Waals surface area contributed by atoms with Crippen LogP contribution in [0.15, 0.2) is 24.3 Å². The molecule has 1 aromatic carbocycles. The molecule has 0 aliphatic carbocycles. The molecular formula is C23H24Cl2N4O3. The Morgan fingerprint density at radius 3 is 2.53 bits per heavy atom. The number of pyridine rings is 1. The number of hydrogen-bond acceptors (Lipinski definition) is 5. The third-order valence-corrected chi connectivity index (χ3v) is 6.81. The van der Waals surface area contributed by atoms with E-state index in [2.05, 4.69) is 20.2 Å². The lowest BCUT2D eigenvalue weighted by Gasteiger charge is -2.34. The molecule has 0 radical (unpaired) electrons. The van der Waals surface area contributed by atoms with Crippen LogP contribution in [-0.4, -0.2) is 48.1 Å². The number of carbonyl (C=O) groups is 2. The number of rotatable bonds is 4. The first-order valence-corrected chi connectivity index (χ1v) is 11.1. The first kappa shape index (κ1) is 22.4. The Labute approximate surface area is 196 Å². The van der Waals surface area contributed by atoms with E-state index in [-0.39, 0.29) is 28.4 Å². The Morgan fingerprint density at radius 2 is 1.91 bits per heavy atom. The summed E-state index contributed by atoms with van der Waals surface area (Å²) >= 11 is 12.3. The van der Waals surface area contributed by atoms with Crippen molar-refractivity contribution in [3.8, 4) is 0 Å². The minimum Gasteiger partial charge on any atom is -0.464 e. The summed E-state index contributed by atoms with van der Waals surface area (Å²) in [5.74, 6) is -0.725. The number of aromatic nitrogens is 2. The van der Waals surface area contributed by atoms with E-state index in [4.69, 9.17) is 27.9 Å². The van der Waals surface area contributed by atoms with Crippen molar-refractivity contribution in [3.05, 3.63) is 57.0 Å². The first-order valence-electron chi connectivity index (χ1n) is 10.4. The number of carbonyl (C=O) groups excluding carboxylic acids is 2. The Hall–Kier alpha value is -2.77. The van der Waals surface area contributed by atoms with Crippen LogP contribution in [0.2, 0.25) is 10.0 Å². The summed E-state index contributed by atoms with van der Waals surface area (Å²) < 4.78 is 4.90. The molecule has 9 heteroatoms. The molecule has 3 aromatic rings. The minimum atomic E-state index is -0.463. The summed E-state index contributed by atoms with van der Waals surface area (Å²) in [5.41, 5.74) is 3.96. The molecule has 1 aliphatic heterocycles. The largest absolute Gasteiger partial charge is 0.464 e. The number of para-hydroxylation sites is 1. The predicted molar refractivity (Wildman–Crippen MR) is 126 cm³/mol. The van der Waals surface area contributed by atoms with Crippen LogP contribution in [0, 0.1) is 13.8 Å². The molecule has 1 aliphatic rings. The molecule has 1 saturated heterocycles. The van der Waals surface area contributed by atoms with E-state index in [0.717, 1.165) is 48.1 Å². The summed E-state index contributed by atoms with van der Waals surface area (Å²) in [6, 6.07) is 7.77. The highest BCUT2D eigenvalue weighted by molar-refractivity contribution is 6.44. The van der Waals surface area contributed by atoms with Crippen LogP contribution in [0.25, 0.3) is 10.9 Å². The lowest BCUT2D eigenvalue weighted by atomic mass is 10.0. The Kier molecular flexibility index (Phi) is 6.31. The number of H-pyrrole nitrogens is 1. The number of ether oxygens (including phenoxy) is 1. The Balaban J connectivity index is 1.53. The molecular weight excluding hydrogens is 451 g/mol. The number of piperidine rings is 1. The van der Waals surface area contributed by atoms with Crippen LogP contribution in [0.5, 0.6) is 0 Å². The number of fused-ring (bicyclic) bond motifs is 1. The molecule has 1 fully saturated rings. The predicted octanol–water partition coefficient (Wildman–Crippen LogP) is 4.67. The summed E-state index contributed by atoms with van der Waals surface area (Å²) in [6.07, 6.45) is 1.50. The van der Waals surface area contributed by atoms with Crippen molar-refractivity contribution in [1.82, 2.24) is 15.3 Å². The summed E-state index contributed by atoms with van der Waals surface area (Å²) in [6.45, 7) is 5.18. The standard InChI is InChI=1S/C23H24Cl2N4O3/c1-12-5-4-6-15-17(11-16(23(31)32-3)28-20(12)15)29-9-7-14(8-10-29)27-22(30)21-19(25)18(24)13(2)26-21/h4-6,11,14,26H,7-10H2,1-3H3,(H,27,30). The van der Waals surface area contributed by atoms with Gasteiger partial charge in [-0.05, 0) is 38.3 Å². The number of amides is 1. The van der Waals surface area contributed by atoms with E-state index in [0.29, 0.717) is 10.7 Å². The second-order valence-electron chi connectivity index (χ2n) is 7.98. The van der Waals surface area contributed by atoms with E-state index >= 15 is 0 Å². The van der Waals surface area contributed by atoms with Gasteiger partial charge in [0.1, 0.15) is 5.69 Å². The highest BCUT2D eigenvalue weighted by Gasteiger charge is 2.26. The molecule has 1 amide bonds. The van der Waals surface area contributed by atoms with Crippen molar-refractivity contribution < 1.29 is 14.3 Å². The van der Waals surface area contributed by atoms with Gasteiger partial charge in [0, 0.05) is 35.9 Å². The van der Waals surface area contributed by atoms with Crippen LogP contribution in [-0.2, 0) is 4.74 Å². The van der Waals surface area contributed by atoms with Gasteiger partial charge in [0.05, 0.1) is 22.7 Å². The smallest absolute Gasteiger partial charge is 0.356 e. The second-order valence-corrected chi connectivity index (χ2v) is 8.73. The third kappa shape index (κ3) is 4.14. The maximum atomic E-state index is 12.7. The van der Waals surface area contributed by atoms with Crippen molar-refractivity contribution in [1.29, 1.82) is 0 Å². The zero-order chi connectivity index (χ0) is 23.0. The number of aryl methyl sites for hydroxylation is 2. The highest BCUT2D eigenvalue weighted by Crippen LogP contribution is 2.32. The number of nitrogens with zero attached hydrogens (tertiary/aromatic N) is 2. The molecule has 2 N–H and O–H groups in total. The molecule has 0 bridgehead atoms. The van der Waals surface area contributed by atoms with Gasteiger partial charge in [0.25, 0.3) is 5.91 Å². The zero-order valence-corrected chi connectivity index (χ0v) is 19.6. The summed E-state index contributed by atoms with van der Waals surface area (Å²) in [7, 11) is 1.35. The van der Waals surface area contributed by atoms with Crippen LogP contribution in [0.4, 0.5) is 5.69 Å². The summed E-state index contributed by atoms with van der Waals surface area (Å²) in [5, 5.41) is 4.65. The molecule has 32 heavy (non-hydrogen) atoms. The maximum absolute atomic E-state index is 12.7. The van der Waals surface area contributed by atoms with Crippen LogP contribution < -0.4 is 10.2 Å². The number of benzene rings is 1. The van der Waals surface area contributed by atoms with Crippen LogP contribution >= 0.6 is 23.2 Å². The molecule has 0 unspecified atom stereocenters. The molecule has 2 aromatic heterocycles. The second kappa shape index (κ2) is 9.00. The van der Waals surface area contributed by atoms with E-state index in [1.165, 1.54) is 7.11 Å². The number of halogens is 2. The van der Waals surface area contributed by atoms with Gasteiger partial charge in [-0.15, -0.1) is 0 Å². The first-order chi connectivity index (χ1) is 15.3. The topological polar surface area (TPSA) is 87.3 Å². The minimum absolute atomic E-state index is 0.00659. The quantitative estimate of drug-likeness (QED) is 0.536. The maximum Gasteiger partial charge on any atom is 0.356 e. The fourth-order valence-corrected chi connectivity index (χ4v) is 4.51. The third-order valence-electron chi connectivity index (χ3n) is 5.87. The van der Waals surface area contributed by atoms with Gasteiger partial charge >= 0.3 is 5.97 Å². The number of nitrogens with one attached hydrogen (secondary N) is 2. The molecule has 7 nitrogen and oxygen atoms in total. The fraction of sp³-hybridized carbons (Fsp3) is 0.348. The average molecular weight is 475 g/mol. The van der Waals surface area contributed by atoms with Crippen molar-refractivity contribution in [2.24, 2.45) is 0 Å². The SMILES string of the molecule is COC(=O)c1cc(N2CCC(NC(=O)c3[nH]c(C)c(Cl)c3Cl)CC2)c2cccc(C)c2n1. The highest BCUT2D eigenvalue weighted by atomic mass is 35.5. The number of esters is 1. The monoisotopic (exact) mass is 474 g/mol. The van der Waals surface area contributed by atoms with Crippen molar-refractivity contribution in [2.75, 3.05) is 25.1 Å². The van der Waals surface area contributed by atoms with E-state index < -0.39 is 5.97 Å². The molecule has 0 saturated carbocycles. The number of methoxy groups -OCH3 is 1. The van der Waals surface area contributed by atoms with Gasteiger partial charge in [-0.25, -0.2) is 9.78 Å². The Morgan fingerprint density at radius 1 is 1.19 bits per heavy atom. The van der Waals surface area contributed by atoms with E-state index in [1.807, 2.05) is 25.1 Å². The van der Waals surface area contributed by atoms with Gasteiger partial charge < -0.3 is 19.9 Å². The van der Waals surface area contributed by atoms with Crippen LogP contribution in [0.1, 0.15) is 45.1 Å². The lowest BCUT2D eigenvalue weighted by Crippen LogP contribution is -2.45. The zero-order valence-electron chi connectivity index (χ0n) is 18.1. The van der Waals surface area contributed by atoms with Gasteiger partial charge in [0.2, 0.25) is 0 Å². The van der Waals surface area contributed by atoms with Crippen molar-refractivity contribution in [3.63, 3.8) is 0 Å². The normalized spacial score (nSPS) is 14.6. The van der Waals surface area contributed by atoms with Crippen LogP contribution in [0.3, 0.4) is 0 Å².